The Labute approximate surface area is 124 Å². The van der Waals surface area contributed by atoms with Crippen LogP contribution in [0.15, 0.2) is 18.5 Å². The van der Waals surface area contributed by atoms with E-state index in [1.807, 2.05) is 23.8 Å². The topological polar surface area (TPSA) is 53.7 Å². The highest BCUT2D eigenvalue weighted by molar-refractivity contribution is 5.69. The Hall–Kier alpha value is -1.62. The number of fused-ring (bicyclic) bond motifs is 2. The van der Waals surface area contributed by atoms with E-state index in [1.165, 1.54) is 19.3 Å². The lowest BCUT2D eigenvalue weighted by Gasteiger charge is -2.36. The summed E-state index contributed by atoms with van der Waals surface area (Å²) in [5.41, 5.74) is 2.17. The molecular weight excluding hydrogens is 264 g/mol. The Balaban J connectivity index is 1.73. The summed E-state index contributed by atoms with van der Waals surface area (Å²) in [5, 5.41) is 14.4. The van der Waals surface area contributed by atoms with E-state index in [0.29, 0.717) is 12.5 Å². The number of rotatable bonds is 2. The molecule has 2 atom stereocenters. The van der Waals surface area contributed by atoms with Gasteiger partial charge in [0.2, 0.25) is 0 Å². The molecule has 1 N–H and O–H groups in total. The van der Waals surface area contributed by atoms with Crippen molar-refractivity contribution in [2.75, 3.05) is 24.6 Å². The van der Waals surface area contributed by atoms with E-state index >= 15 is 0 Å². The van der Waals surface area contributed by atoms with Crippen molar-refractivity contribution in [1.82, 2.24) is 14.6 Å². The molecule has 0 aromatic carbocycles. The minimum absolute atomic E-state index is 0.0851. The van der Waals surface area contributed by atoms with Gasteiger partial charge < -0.3 is 10.0 Å². The molecule has 2 aliphatic rings. The number of anilines is 1. The first-order valence-electron chi connectivity index (χ1n) is 7.89. The van der Waals surface area contributed by atoms with Crippen molar-refractivity contribution in [3.8, 4) is 0 Å². The van der Waals surface area contributed by atoms with Gasteiger partial charge in [0.15, 0.2) is 5.82 Å². The minimum Gasteiger partial charge on any atom is -0.396 e. The summed E-state index contributed by atoms with van der Waals surface area (Å²) in [5.74, 6) is 1.61. The predicted octanol–water partition coefficient (Wildman–Crippen LogP) is 2.03. The van der Waals surface area contributed by atoms with Crippen LogP contribution >= 0.6 is 0 Å². The van der Waals surface area contributed by atoms with E-state index in [0.717, 1.165) is 36.5 Å². The van der Waals surface area contributed by atoms with Gasteiger partial charge in [0.05, 0.1) is 12.3 Å². The van der Waals surface area contributed by atoms with Gasteiger partial charge in [-0.05, 0) is 31.7 Å². The van der Waals surface area contributed by atoms with Crippen LogP contribution in [0, 0.1) is 18.3 Å². The summed E-state index contributed by atoms with van der Waals surface area (Å²) in [4.78, 5) is 6.97. The summed E-state index contributed by atoms with van der Waals surface area (Å²) in [6.07, 6.45) is 8.64. The lowest BCUT2D eigenvalue weighted by molar-refractivity contribution is 0.0626. The van der Waals surface area contributed by atoms with E-state index in [-0.39, 0.29) is 5.41 Å². The maximum atomic E-state index is 9.97. The molecular formula is C16H22N4O. The largest absolute Gasteiger partial charge is 0.396 e. The molecule has 0 amide bonds. The summed E-state index contributed by atoms with van der Waals surface area (Å²) < 4.78 is 1.91. The Morgan fingerprint density at radius 2 is 2.33 bits per heavy atom. The second kappa shape index (κ2) is 4.70. The van der Waals surface area contributed by atoms with Crippen molar-refractivity contribution in [2.45, 2.75) is 32.6 Å². The van der Waals surface area contributed by atoms with E-state index in [4.69, 9.17) is 0 Å². The summed E-state index contributed by atoms with van der Waals surface area (Å²) in [7, 11) is 0. The van der Waals surface area contributed by atoms with Crippen LogP contribution in [-0.2, 0) is 0 Å². The highest BCUT2D eigenvalue weighted by Gasteiger charge is 2.47. The Bertz CT molecular complexity index is 667. The molecule has 0 bridgehead atoms. The molecule has 2 unspecified atom stereocenters. The van der Waals surface area contributed by atoms with Crippen LogP contribution in [0.1, 0.15) is 31.4 Å². The molecule has 2 fully saturated rings. The third-order valence-electron chi connectivity index (χ3n) is 5.40. The normalized spacial score (nSPS) is 29.0. The maximum Gasteiger partial charge on any atom is 0.154 e. The number of aromatic nitrogens is 3. The summed E-state index contributed by atoms with van der Waals surface area (Å²) in [6, 6.07) is 2.09. The Morgan fingerprint density at radius 3 is 3.14 bits per heavy atom. The molecule has 2 aromatic rings. The van der Waals surface area contributed by atoms with Crippen molar-refractivity contribution >= 4 is 11.3 Å². The van der Waals surface area contributed by atoms with Crippen molar-refractivity contribution in [1.29, 1.82) is 0 Å². The predicted molar refractivity (Wildman–Crippen MR) is 81.4 cm³/mol. The van der Waals surface area contributed by atoms with Crippen molar-refractivity contribution in [3.63, 3.8) is 0 Å². The molecule has 0 radical (unpaired) electrons. The second-order valence-electron chi connectivity index (χ2n) is 6.71. The Morgan fingerprint density at radius 1 is 1.43 bits per heavy atom. The monoisotopic (exact) mass is 286 g/mol. The Kier molecular flexibility index (Phi) is 2.92. The highest BCUT2D eigenvalue weighted by Crippen LogP contribution is 2.47. The van der Waals surface area contributed by atoms with Crippen LogP contribution in [0.2, 0.25) is 0 Å². The molecule has 21 heavy (non-hydrogen) atoms. The lowest BCUT2D eigenvalue weighted by atomic mass is 9.69. The van der Waals surface area contributed by atoms with Crippen LogP contribution in [0.3, 0.4) is 0 Å². The van der Waals surface area contributed by atoms with Gasteiger partial charge in [0, 0.05) is 30.9 Å². The second-order valence-corrected chi connectivity index (χ2v) is 6.71. The van der Waals surface area contributed by atoms with Crippen LogP contribution in [0.5, 0.6) is 0 Å². The standard InChI is InChI=1S/C16H22N4O/c1-12-8-14-15(17-6-7-20(14)18-12)19-9-13-4-2-3-5-16(13,10-19)11-21/h6-8,13,21H,2-5,9-11H2,1H3. The fraction of sp³-hybridized carbons (Fsp3) is 0.625. The smallest absolute Gasteiger partial charge is 0.154 e. The fourth-order valence-electron chi connectivity index (χ4n) is 4.28. The highest BCUT2D eigenvalue weighted by atomic mass is 16.3. The molecule has 1 saturated heterocycles. The first-order chi connectivity index (χ1) is 10.2. The molecule has 112 valence electrons. The van der Waals surface area contributed by atoms with E-state index < -0.39 is 0 Å². The quantitative estimate of drug-likeness (QED) is 0.918. The van der Waals surface area contributed by atoms with Crippen LogP contribution < -0.4 is 4.90 Å². The van der Waals surface area contributed by atoms with Gasteiger partial charge in [-0.2, -0.15) is 5.10 Å². The average molecular weight is 286 g/mol. The zero-order chi connectivity index (χ0) is 14.4. The molecule has 1 saturated carbocycles. The van der Waals surface area contributed by atoms with Gasteiger partial charge in [-0.3, -0.25) is 0 Å². The summed E-state index contributed by atoms with van der Waals surface area (Å²) in [6.45, 7) is 4.24. The number of hydrogen-bond donors (Lipinski definition) is 1. The van der Waals surface area contributed by atoms with Crippen LogP contribution in [0.25, 0.3) is 5.52 Å². The van der Waals surface area contributed by atoms with Crippen molar-refractivity contribution in [2.24, 2.45) is 11.3 Å². The maximum absolute atomic E-state index is 9.97. The molecule has 4 rings (SSSR count). The van der Waals surface area contributed by atoms with Crippen molar-refractivity contribution < 1.29 is 5.11 Å². The zero-order valence-electron chi connectivity index (χ0n) is 12.5. The molecule has 2 aromatic heterocycles. The SMILES string of the molecule is Cc1cc2c(N3CC4CCCCC4(CO)C3)nccn2n1. The van der Waals surface area contributed by atoms with E-state index in [1.54, 1.807) is 0 Å². The van der Waals surface area contributed by atoms with E-state index in [2.05, 4.69) is 21.0 Å². The lowest BCUT2D eigenvalue weighted by Crippen LogP contribution is -2.37. The van der Waals surface area contributed by atoms with Gasteiger partial charge in [0.1, 0.15) is 5.52 Å². The van der Waals surface area contributed by atoms with Gasteiger partial charge >= 0.3 is 0 Å². The van der Waals surface area contributed by atoms with Gasteiger partial charge in [-0.1, -0.05) is 12.8 Å². The van der Waals surface area contributed by atoms with Gasteiger partial charge in [0.25, 0.3) is 0 Å². The third kappa shape index (κ3) is 1.94. The van der Waals surface area contributed by atoms with Crippen LogP contribution in [-0.4, -0.2) is 39.4 Å². The average Bonchev–Trinajstić information content (AvgIpc) is 3.06. The minimum atomic E-state index is 0.0851. The van der Waals surface area contributed by atoms with Crippen LogP contribution in [0.4, 0.5) is 5.82 Å². The first kappa shape index (κ1) is 13.1. The summed E-state index contributed by atoms with van der Waals surface area (Å²) >= 11 is 0. The molecule has 3 heterocycles. The fourth-order valence-corrected chi connectivity index (χ4v) is 4.28. The van der Waals surface area contributed by atoms with Gasteiger partial charge in [-0.25, -0.2) is 9.50 Å². The third-order valence-corrected chi connectivity index (χ3v) is 5.40. The molecule has 5 heteroatoms. The molecule has 0 spiro atoms. The van der Waals surface area contributed by atoms with E-state index in [9.17, 15) is 5.11 Å². The number of hydrogen-bond acceptors (Lipinski definition) is 4. The number of nitrogens with zero attached hydrogens (tertiary/aromatic N) is 4. The number of aliphatic hydroxyl groups excluding tert-OH is 1. The molecule has 1 aliphatic carbocycles. The zero-order valence-corrected chi connectivity index (χ0v) is 12.5. The first-order valence-corrected chi connectivity index (χ1v) is 7.89. The van der Waals surface area contributed by atoms with Gasteiger partial charge in [-0.15, -0.1) is 0 Å². The molecule has 5 nitrogen and oxygen atoms in total. The number of aryl methyl sites for hydroxylation is 1. The van der Waals surface area contributed by atoms with Crippen molar-refractivity contribution in [3.05, 3.63) is 24.2 Å². The number of aliphatic hydroxyl groups is 1. The molecule has 1 aliphatic heterocycles.